The van der Waals surface area contributed by atoms with Crippen LogP contribution in [0.25, 0.3) is 0 Å². The maximum absolute atomic E-state index is 13.9. The Morgan fingerprint density at radius 3 is 2.12 bits per heavy atom. The Bertz CT molecular complexity index is 1450. The number of aliphatic hydroxyl groups excluding tert-OH is 2. The molecule has 2 amide bonds. The van der Waals surface area contributed by atoms with Gasteiger partial charge in [0.2, 0.25) is 11.8 Å². The molecular weight excluding hydrogens is 657 g/mol. The number of hydrogen-bond acceptors (Lipinski definition) is 7. The molecule has 2 aromatic carbocycles. The normalized spacial score (nSPS) is 21.8. The van der Waals surface area contributed by atoms with E-state index in [4.69, 9.17) is 4.74 Å². The van der Waals surface area contributed by atoms with Crippen LogP contribution in [-0.2, 0) is 31.0 Å². The van der Waals surface area contributed by atoms with E-state index < -0.39 is 52.4 Å². The zero-order valence-corrected chi connectivity index (χ0v) is 30.3. The highest BCUT2D eigenvalue weighted by atomic mass is 32.2. The second-order valence-corrected chi connectivity index (χ2v) is 15.8. The largest absolute Gasteiger partial charge is 0.390 e. The summed E-state index contributed by atoms with van der Waals surface area (Å²) in [5.41, 5.74) is 2.07. The van der Waals surface area contributed by atoms with Crippen molar-refractivity contribution in [1.29, 1.82) is 0 Å². The summed E-state index contributed by atoms with van der Waals surface area (Å²) in [5.74, 6) is -0.365. The van der Waals surface area contributed by atoms with Gasteiger partial charge in [-0.25, -0.2) is 0 Å². The first-order chi connectivity index (χ1) is 24.0. The van der Waals surface area contributed by atoms with Crippen LogP contribution in [0.15, 0.2) is 73.3 Å². The Labute approximate surface area is 298 Å². The molecule has 1 heterocycles. The fourth-order valence-electron chi connectivity index (χ4n) is 7.02. The summed E-state index contributed by atoms with van der Waals surface area (Å²) in [7, 11) is -4.04. The van der Waals surface area contributed by atoms with Gasteiger partial charge in [0.05, 0.1) is 25.4 Å². The molecule has 1 saturated heterocycles. The van der Waals surface area contributed by atoms with Crippen LogP contribution in [0.1, 0.15) is 75.8 Å². The van der Waals surface area contributed by atoms with Crippen molar-refractivity contribution < 1.29 is 33.0 Å². The summed E-state index contributed by atoms with van der Waals surface area (Å²) < 4.78 is 35.7. The minimum absolute atomic E-state index is 0.0626. The van der Waals surface area contributed by atoms with E-state index >= 15 is 0 Å². The lowest BCUT2D eigenvalue weighted by molar-refractivity contribution is -0.131. The van der Waals surface area contributed by atoms with E-state index in [-0.39, 0.29) is 51.0 Å². The van der Waals surface area contributed by atoms with Crippen molar-refractivity contribution in [2.45, 2.75) is 101 Å². The zero-order chi connectivity index (χ0) is 36.1. The van der Waals surface area contributed by atoms with E-state index in [1.54, 1.807) is 12.1 Å². The summed E-state index contributed by atoms with van der Waals surface area (Å²) in [6.45, 7) is 8.53. The third-order valence-corrected chi connectivity index (χ3v) is 11.4. The standard InChI is InChI=1S/C38H56N4O7S/c1-4-11-32(39-38(46)34(26-28-12-7-5-8-13-28)41-50(47,48)42-20-22-49-23-21-42)37(45)40-33(36(44)35(43)24-27(2)3)25-29-16-18-31(19-17-29)30-14-9-6-10-15-30/h4-10,12-15,27,29,31-36,41,43-44H,1,11,16-26H2,2-3H3,(H,39,46)(H,40,45)/t29?,31?,32-,33-,34-,35-,36+/m0/s1. The topological polar surface area (TPSA) is 157 Å². The molecule has 5 N–H and O–H groups in total. The smallest absolute Gasteiger partial charge is 0.280 e. The molecule has 0 bridgehead atoms. The van der Waals surface area contributed by atoms with Crippen molar-refractivity contribution in [3.05, 3.63) is 84.4 Å². The molecular formula is C38H56N4O7S. The van der Waals surface area contributed by atoms with Crippen molar-refractivity contribution in [1.82, 2.24) is 19.7 Å². The number of rotatable bonds is 18. The molecule has 1 aliphatic heterocycles. The van der Waals surface area contributed by atoms with Gasteiger partial charge in [0.25, 0.3) is 10.2 Å². The highest BCUT2D eigenvalue weighted by Gasteiger charge is 2.36. The van der Waals surface area contributed by atoms with Gasteiger partial charge in [0, 0.05) is 13.1 Å². The fourth-order valence-corrected chi connectivity index (χ4v) is 8.35. The monoisotopic (exact) mass is 712 g/mol. The van der Waals surface area contributed by atoms with E-state index in [1.807, 2.05) is 38.1 Å². The molecule has 1 aliphatic carbocycles. The van der Waals surface area contributed by atoms with Gasteiger partial charge in [-0.1, -0.05) is 80.6 Å². The van der Waals surface area contributed by atoms with Crippen LogP contribution in [0.5, 0.6) is 0 Å². The van der Waals surface area contributed by atoms with Gasteiger partial charge in [-0.2, -0.15) is 17.4 Å². The van der Waals surface area contributed by atoms with Crippen molar-refractivity contribution in [3.63, 3.8) is 0 Å². The van der Waals surface area contributed by atoms with Gasteiger partial charge in [-0.05, 0) is 80.2 Å². The van der Waals surface area contributed by atoms with E-state index in [0.717, 1.165) is 31.2 Å². The Kier molecular flexibility index (Phi) is 15.4. The molecule has 2 fully saturated rings. The van der Waals surface area contributed by atoms with Gasteiger partial charge in [-0.15, -0.1) is 6.58 Å². The molecule has 0 spiro atoms. The van der Waals surface area contributed by atoms with Crippen LogP contribution in [0, 0.1) is 11.8 Å². The van der Waals surface area contributed by atoms with Crippen molar-refractivity contribution in [2.75, 3.05) is 26.3 Å². The van der Waals surface area contributed by atoms with Crippen molar-refractivity contribution in [2.24, 2.45) is 11.8 Å². The summed E-state index contributed by atoms with van der Waals surface area (Å²) in [5, 5.41) is 28.0. The molecule has 50 heavy (non-hydrogen) atoms. The summed E-state index contributed by atoms with van der Waals surface area (Å²) in [6, 6.07) is 16.5. The predicted molar refractivity (Wildman–Crippen MR) is 194 cm³/mol. The molecule has 4 rings (SSSR count). The summed E-state index contributed by atoms with van der Waals surface area (Å²) in [6.07, 6.45) is 4.09. The van der Waals surface area contributed by atoms with Gasteiger partial charge < -0.3 is 25.6 Å². The Balaban J connectivity index is 1.48. The second-order valence-electron chi connectivity index (χ2n) is 14.1. The first-order valence-corrected chi connectivity index (χ1v) is 19.4. The van der Waals surface area contributed by atoms with Gasteiger partial charge in [-0.3, -0.25) is 9.59 Å². The Morgan fingerprint density at radius 2 is 1.52 bits per heavy atom. The number of aliphatic hydroxyl groups is 2. The van der Waals surface area contributed by atoms with Crippen LogP contribution in [0.3, 0.4) is 0 Å². The van der Waals surface area contributed by atoms with Crippen LogP contribution >= 0.6 is 0 Å². The number of nitrogens with one attached hydrogen (secondary N) is 3. The van der Waals surface area contributed by atoms with Crippen LogP contribution in [-0.4, -0.2) is 91.4 Å². The fraction of sp³-hybridized carbons (Fsp3) is 0.579. The highest BCUT2D eigenvalue weighted by Crippen LogP contribution is 2.38. The maximum Gasteiger partial charge on any atom is 0.280 e. The predicted octanol–water partition coefficient (Wildman–Crippen LogP) is 3.44. The second kappa shape index (κ2) is 19.5. The number of hydrogen-bond donors (Lipinski definition) is 5. The molecule has 276 valence electrons. The Morgan fingerprint density at radius 1 is 0.920 bits per heavy atom. The van der Waals surface area contributed by atoms with E-state index in [0.29, 0.717) is 18.8 Å². The number of ether oxygens (including phenoxy) is 1. The lowest BCUT2D eigenvalue weighted by Crippen LogP contribution is -2.59. The van der Waals surface area contributed by atoms with Gasteiger partial charge >= 0.3 is 0 Å². The third kappa shape index (κ3) is 12.0. The molecule has 1 saturated carbocycles. The lowest BCUT2D eigenvalue weighted by atomic mass is 9.76. The number of carbonyl (C=O) groups excluding carboxylic acids is 2. The molecule has 2 aromatic rings. The first-order valence-electron chi connectivity index (χ1n) is 18.0. The third-order valence-electron chi connectivity index (χ3n) is 9.79. The zero-order valence-electron chi connectivity index (χ0n) is 29.5. The van der Waals surface area contributed by atoms with Gasteiger partial charge in [0.15, 0.2) is 0 Å². The number of benzene rings is 2. The molecule has 0 aromatic heterocycles. The van der Waals surface area contributed by atoms with Gasteiger partial charge in [0.1, 0.15) is 18.2 Å². The minimum atomic E-state index is -4.04. The maximum atomic E-state index is 13.9. The summed E-state index contributed by atoms with van der Waals surface area (Å²) >= 11 is 0. The van der Waals surface area contributed by atoms with E-state index in [2.05, 4.69) is 46.2 Å². The van der Waals surface area contributed by atoms with Crippen LogP contribution < -0.4 is 15.4 Å². The minimum Gasteiger partial charge on any atom is -0.390 e. The van der Waals surface area contributed by atoms with E-state index in [1.165, 1.54) is 15.9 Å². The number of nitrogens with zero attached hydrogens (tertiary/aromatic N) is 1. The number of carbonyl (C=O) groups is 2. The molecule has 0 radical (unpaired) electrons. The first kappa shape index (κ1) is 39.7. The van der Waals surface area contributed by atoms with E-state index in [9.17, 15) is 28.2 Å². The molecule has 11 nitrogen and oxygen atoms in total. The van der Waals surface area contributed by atoms with Crippen molar-refractivity contribution in [3.8, 4) is 0 Å². The highest BCUT2D eigenvalue weighted by molar-refractivity contribution is 7.87. The molecule has 5 atom stereocenters. The average molecular weight is 713 g/mol. The number of morpholine rings is 1. The van der Waals surface area contributed by atoms with Crippen LogP contribution in [0.2, 0.25) is 0 Å². The van der Waals surface area contributed by atoms with Crippen LogP contribution in [0.4, 0.5) is 0 Å². The lowest BCUT2D eigenvalue weighted by Gasteiger charge is -2.35. The van der Waals surface area contributed by atoms with Crippen molar-refractivity contribution >= 4 is 22.0 Å². The molecule has 0 unspecified atom stereocenters. The molecule has 12 heteroatoms. The Hall–Kier alpha value is -3.13. The quantitative estimate of drug-likeness (QED) is 0.148. The SMILES string of the molecule is C=CC[C@H](NC(=O)[C@H](Cc1ccccc1)NS(=O)(=O)N1CCOCC1)C(=O)N[C@@H](CC1CCC(c2ccccc2)CC1)[C@@H](O)[C@@H](O)CC(C)C. The molecule has 2 aliphatic rings. The number of amides is 2. The summed E-state index contributed by atoms with van der Waals surface area (Å²) in [4.78, 5) is 27.7. The average Bonchev–Trinajstić information content (AvgIpc) is 3.11.